The van der Waals surface area contributed by atoms with Crippen molar-refractivity contribution in [3.05, 3.63) is 96.1 Å². The van der Waals surface area contributed by atoms with Gasteiger partial charge >= 0.3 is 0 Å². The van der Waals surface area contributed by atoms with Crippen LogP contribution in [-0.2, 0) is 21.0 Å². The van der Waals surface area contributed by atoms with Gasteiger partial charge in [0.25, 0.3) is 0 Å². The number of fused-ring (bicyclic) bond motifs is 1. The summed E-state index contributed by atoms with van der Waals surface area (Å²) in [7, 11) is 0. The second-order valence-electron chi connectivity index (χ2n) is 7.93. The molecule has 0 spiro atoms. The van der Waals surface area contributed by atoms with E-state index in [1.807, 2.05) is 13.8 Å². The fourth-order valence-corrected chi connectivity index (χ4v) is 6.42. The highest BCUT2D eigenvalue weighted by atomic mass is 32.2. The molecule has 184 valence electrons. The Balaban J connectivity index is 2.02. The van der Waals surface area contributed by atoms with E-state index in [9.17, 15) is 0 Å². The molecule has 0 saturated heterocycles. The second kappa shape index (κ2) is 13.2. The minimum Gasteiger partial charge on any atom is -0.479 e. The summed E-state index contributed by atoms with van der Waals surface area (Å²) in [6.07, 6.45) is 0. The van der Waals surface area contributed by atoms with Crippen molar-refractivity contribution >= 4 is 67.5 Å². The van der Waals surface area contributed by atoms with E-state index in [1.54, 1.807) is 23.5 Å². The minimum atomic E-state index is 0.573. The number of benzene rings is 4. The van der Waals surface area contributed by atoms with Crippen molar-refractivity contribution in [1.29, 1.82) is 0 Å². The van der Waals surface area contributed by atoms with E-state index in [2.05, 4.69) is 84.9 Å². The molecule has 0 bridgehead atoms. The Morgan fingerprint density at radius 2 is 0.944 bits per heavy atom. The summed E-state index contributed by atoms with van der Waals surface area (Å²) in [5.41, 5.74) is 7.32. The van der Waals surface area contributed by atoms with Gasteiger partial charge in [0.05, 0.1) is 13.2 Å². The third-order valence-electron chi connectivity index (χ3n) is 5.75. The Bertz CT molecular complexity index is 1230. The van der Waals surface area contributed by atoms with Crippen molar-refractivity contribution in [2.75, 3.05) is 13.2 Å². The summed E-state index contributed by atoms with van der Waals surface area (Å²) in [5.74, 6) is 1.43. The first kappa shape index (κ1) is 26.7. The quantitative estimate of drug-likeness (QED) is 0.203. The Hall–Kier alpha value is -2.38. The van der Waals surface area contributed by atoms with Crippen LogP contribution in [0.4, 0.5) is 0 Å². The minimum absolute atomic E-state index is 0.573. The number of ether oxygens (including phenoxy) is 2. The van der Waals surface area contributed by atoms with E-state index >= 15 is 0 Å². The molecule has 0 amide bonds. The standard InChI is InChI=1S/C30H28O2S4/c1-3-31-29(33)35-19-25-23-17-11-12-18-24(23)26(20-36-30(34)32-4-2)28(22-15-9-6-10-16-22)27(25)21-13-7-5-8-14-21/h5-18H,3-4,19-20H2,1-2H3. The van der Waals surface area contributed by atoms with Gasteiger partial charge in [-0.25, -0.2) is 0 Å². The monoisotopic (exact) mass is 548 g/mol. The Labute approximate surface area is 232 Å². The Morgan fingerprint density at radius 1 is 0.583 bits per heavy atom. The van der Waals surface area contributed by atoms with Gasteiger partial charge in [0.2, 0.25) is 8.77 Å². The highest BCUT2D eigenvalue weighted by Gasteiger charge is 2.22. The molecule has 4 aromatic carbocycles. The maximum atomic E-state index is 5.61. The largest absolute Gasteiger partial charge is 0.479 e. The summed E-state index contributed by atoms with van der Waals surface area (Å²) >= 11 is 14.1. The van der Waals surface area contributed by atoms with E-state index < -0.39 is 0 Å². The molecule has 0 unspecified atom stereocenters. The van der Waals surface area contributed by atoms with E-state index in [0.717, 1.165) is 0 Å². The molecule has 0 aliphatic carbocycles. The lowest BCUT2D eigenvalue weighted by Crippen LogP contribution is -2.03. The molecular weight excluding hydrogens is 521 g/mol. The molecule has 0 aliphatic heterocycles. The van der Waals surface area contributed by atoms with Gasteiger partial charge < -0.3 is 9.47 Å². The summed E-state index contributed by atoms with van der Waals surface area (Å²) in [5, 5.41) is 2.45. The molecule has 2 nitrogen and oxygen atoms in total. The van der Waals surface area contributed by atoms with E-state index in [1.165, 1.54) is 44.2 Å². The van der Waals surface area contributed by atoms with Crippen LogP contribution < -0.4 is 0 Å². The summed E-state index contributed by atoms with van der Waals surface area (Å²) in [6.45, 7) is 5.07. The predicted octanol–water partition coefficient (Wildman–Crippen LogP) is 9.28. The normalized spacial score (nSPS) is 10.8. The van der Waals surface area contributed by atoms with Gasteiger partial charge in [-0.3, -0.25) is 0 Å². The highest BCUT2D eigenvalue weighted by molar-refractivity contribution is 8.22. The number of hydrogen-bond donors (Lipinski definition) is 0. The van der Waals surface area contributed by atoms with Gasteiger partial charge in [-0.05, 0) is 82.4 Å². The van der Waals surface area contributed by atoms with Crippen LogP contribution in [0, 0.1) is 0 Å². The van der Waals surface area contributed by atoms with Crippen LogP contribution in [0.1, 0.15) is 25.0 Å². The van der Waals surface area contributed by atoms with Gasteiger partial charge in [-0.1, -0.05) is 108 Å². The average molecular weight is 549 g/mol. The molecule has 0 atom stereocenters. The average Bonchev–Trinajstić information content (AvgIpc) is 2.91. The van der Waals surface area contributed by atoms with Gasteiger partial charge in [0.1, 0.15) is 0 Å². The SMILES string of the molecule is CCOC(=S)SCc1c(-c2ccccc2)c(-c2ccccc2)c(CSC(=S)OCC)c2ccccc12. The smallest absolute Gasteiger partial charge is 0.220 e. The third kappa shape index (κ3) is 6.30. The molecule has 0 radical (unpaired) electrons. The third-order valence-corrected chi connectivity index (χ3v) is 8.26. The molecule has 4 rings (SSSR count). The lowest BCUT2D eigenvalue weighted by molar-refractivity contribution is 0.346. The van der Waals surface area contributed by atoms with Crippen LogP contribution in [0.15, 0.2) is 84.9 Å². The van der Waals surface area contributed by atoms with Crippen molar-refractivity contribution < 1.29 is 9.47 Å². The van der Waals surface area contributed by atoms with Gasteiger partial charge in [0, 0.05) is 11.5 Å². The predicted molar refractivity (Wildman–Crippen MR) is 166 cm³/mol. The zero-order valence-corrected chi connectivity index (χ0v) is 23.6. The molecule has 6 heteroatoms. The van der Waals surface area contributed by atoms with Crippen LogP contribution in [-0.4, -0.2) is 22.0 Å². The van der Waals surface area contributed by atoms with Crippen LogP contribution in [0.25, 0.3) is 33.0 Å². The lowest BCUT2D eigenvalue weighted by Gasteiger charge is -2.23. The molecule has 36 heavy (non-hydrogen) atoms. The Kier molecular flexibility index (Phi) is 9.82. The van der Waals surface area contributed by atoms with Crippen molar-refractivity contribution in [2.45, 2.75) is 25.4 Å². The molecule has 0 aromatic heterocycles. The molecule has 4 aromatic rings. The number of rotatable bonds is 8. The molecule has 0 saturated carbocycles. The lowest BCUT2D eigenvalue weighted by atomic mass is 9.84. The van der Waals surface area contributed by atoms with Gasteiger partial charge in [0.15, 0.2) is 0 Å². The van der Waals surface area contributed by atoms with Crippen LogP contribution in [0.5, 0.6) is 0 Å². The van der Waals surface area contributed by atoms with Crippen LogP contribution in [0.3, 0.4) is 0 Å². The van der Waals surface area contributed by atoms with E-state index in [0.29, 0.717) is 33.5 Å². The molecule has 0 heterocycles. The molecule has 0 fully saturated rings. The molecule has 0 N–H and O–H groups in total. The number of thioether (sulfide) groups is 2. The second-order valence-corrected chi connectivity index (χ2v) is 11.1. The fourth-order valence-electron chi connectivity index (χ4n) is 4.31. The molecule has 0 aliphatic rings. The van der Waals surface area contributed by atoms with Crippen LogP contribution >= 0.6 is 48.0 Å². The van der Waals surface area contributed by atoms with Crippen LogP contribution in [0.2, 0.25) is 0 Å². The van der Waals surface area contributed by atoms with Crippen molar-refractivity contribution in [2.24, 2.45) is 0 Å². The fraction of sp³-hybridized carbons (Fsp3) is 0.200. The first-order valence-corrected chi connectivity index (χ1v) is 14.7. The zero-order chi connectivity index (χ0) is 25.3. The van der Waals surface area contributed by atoms with Crippen molar-refractivity contribution in [3.8, 4) is 22.3 Å². The number of hydrogen-bond acceptors (Lipinski definition) is 6. The van der Waals surface area contributed by atoms with Crippen molar-refractivity contribution in [3.63, 3.8) is 0 Å². The molecular formula is C30H28O2S4. The summed E-state index contributed by atoms with van der Waals surface area (Å²) in [4.78, 5) is 0. The van der Waals surface area contributed by atoms with E-state index in [4.69, 9.17) is 33.9 Å². The number of thiocarbonyl (C=S) groups is 2. The summed E-state index contributed by atoms with van der Waals surface area (Å²) < 4.78 is 12.4. The topological polar surface area (TPSA) is 18.5 Å². The maximum absolute atomic E-state index is 5.61. The first-order chi connectivity index (χ1) is 17.6. The van der Waals surface area contributed by atoms with Gasteiger partial charge in [-0.2, -0.15) is 0 Å². The first-order valence-electron chi connectivity index (χ1n) is 11.9. The summed E-state index contributed by atoms with van der Waals surface area (Å²) in [6, 6.07) is 29.9. The van der Waals surface area contributed by atoms with Gasteiger partial charge in [-0.15, -0.1) is 0 Å². The van der Waals surface area contributed by atoms with Crippen molar-refractivity contribution in [1.82, 2.24) is 0 Å². The highest BCUT2D eigenvalue weighted by Crippen LogP contribution is 2.45. The maximum Gasteiger partial charge on any atom is 0.220 e. The Morgan fingerprint density at radius 3 is 1.31 bits per heavy atom. The zero-order valence-electron chi connectivity index (χ0n) is 20.4. The van der Waals surface area contributed by atoms with E-state index in [-0.39, 0.29) is 0 Å².